The van der Waals surface area contributed by atoms with Crippen LogP contribution in [0, 0.1) is 6.92 Å². The van der Waals surface area contributed by atoms with Gasteiger partial charge in [0.1, 0.15) is 0 Å². The number of hydrogen-bond donors (Lipinski definition) is 2. The van der Waals surface area contributed by atoms with Gasteiger partial charge in [0, 0.05) is 29.6 Å². The summed E-state index contributed by atoms with van der Waals surface area (Å²) in [5, 5.41) is 19.7. The zero-order valence-electron chi connectivity index (χ0n) is 13.6. The molecular weight excluding hydrogens is 310 g/mol. The van der Waals surface area contributed by atoms with Crippen LogP contribution in [0.15, 0.2) is 23.6 Å². The molecule has 2 aromatic heterocycles. The number of aliphatic hydroxyl groups excluding tert-OH is 1. The molecule has 6 heteroatoms. The van der Waals surface area contributed by atoms with E-state index in [-0.39, 0.29) is 0 Å². The van der Waals surface area contributed by atoms with Crippen molar-refractivity contribution < 1.29 is 9.84 Å². The summed E-state index contributed by atoms with van der Waals surface area (Å²) in [6, 6.07) is 6.21. The van der Waals surface area contributed by atoms with Crippen molar-refractivity contribution in [2.45, 2.75) is 38.4 Å². The molecular formula is C17H25N3O2S. The van der Waals surface area contributed by atoms with Crippen molar-refractivity contribution in [2.75, 3.05) is 26.2 Å². The van der Waals surface area contributed by atoms with Crippen LogP contribution >= 0.6 is 11.3 Å². The molecule has 1 aliphatic heterocycles. The molecule has 0 amide bonds. The Morgan fingerprint density at radius 3 is 3.22 bits per heavy atom. The van der Waals surface area contributed by atoms with Gasteiger partial charge >= 0.3 is 0 Å². The maximum absolute atomic E-state index is 10.2. The lowest BCUT2D eigenvalue weighted by atomic mass is 9.94. The van der Waals surface area contributed by atoms with E-state index in [1.54, 1.807) is 11.3 Å². The molecule has 1 aliphatic rings. The molecule has 0 unspecified atom stereocenters. The van der Waals surface area contributed by atoms with Gasteiger partial charge in [0.05, 0.1) is 25.0 Å². The molecule has 2 N–H and O–H groups in total. The largest absolute Gasteiger partial charge is 0.389 e. The summed E-state index contributed by atoms with van der Waals surface area (Å²) in [4.78, 5) is 3.53. The van der Waals surface area contributed by atoms with Gasteiger partial charge < -0.3 is 14.7 Å². The predicted octanol–water partition coefficient (Wildman–Crippen LogP) is 2.54. The number of aromatic amines is 1. The lowest BCUT2D eigenvalue weighted by Crippen LogP contribution is -2.40. The van der Waals surface area contributed by atoms with Crippen LogP contribution in [0.4, 0.5) is 0 Å². The fourth-order valence-electron chi connectivity index (χ4n) is 3.15. The maximum atomic E-state index is 10.2. The summed E-state index contributed by atoms with van der Waals surface area (Å²) >= 11 is 1.68. The molecule has 5 nitrogen and oxygen atoms in total. The van der Waals surface area contributed by atoms with Gasteiger partial charge in [-0.2, -0.15) is 5.10 Å². The summed E-state index contributed by atoms with van der Waals surface area (Å²) in [5.41, 5.74) is 2.26. The lowest BCUT2D eigenvalue weighted by Gasteiger charge is -2.33. The second kappa shape index (κ2) is 8.06. The minimum Gasteiger partial charge on any atom is -0.389 e. The van der Waals surface area contributed by atoms with E-state index < -0.39 is 6.10 Å². The van der Waals surface area contributed by atoms with Crippen molar-refractivity contribution in [2.24, 2.45) is 0 Å². The van der Waals surface area contributed by atoms with E-state index >= 15 is 0 Å². The smallest absolute Gasteiger partial charge is 0.0900 e. The van der Waals surface area contributed by atoms with Crippen LogP contribution in [-0.2, 0) is 11.3 Å². The molecule has 3 rings (SSSR count). The van der Waals surface area contributed by atoms with Crippen LogP contribution in [0.3, 0.4) is 0 Å². The minimum absolute atomic E-state index is 0.389. The fraction of sp³-hybridized carbons (Fsp3) is 0.588. The number of aliphatic hydroxyl groups is 1. The number of rotatable bonds is 7. The van der Waals surface area contributed by atoms with Crippen LogP contribution in [0.25, 0.3) is 0 Å². The number of ether oxygens (including phenoxy) is 1. The minimum atomic E-state index is -0.436. The maximum Gasteiger partial charge on any atom is 0.0900 e. The predicted molar refractivity (Wildman–Crippen MR) is 91.7 cm³/mol. The zero-order chi connectivity index (χ0) is 16.1. The summed E-state index contributed by atoms with van der Waals surface area (Å²) < 4.78 is 5.61. The van der Waals surface area contributed by atoms with E-state index in [0.717, 1.165) is 30.9 Å². The van der Waals surface area contributed by atoms with Gasteiger partial charge in [0.15, 0.2) is 0 Å². The number of piperidine rings is 1. The molecule has 1 saturated heterocycles. The first kappa shape index (κ1) is 16.6. The van der Waals surface area contributed by atoms with Crippen molar-refractivity contribution in [3.63, 3.8) is 0 Å². The number of hydrogen-bond acceptors (Lipinski definition) is 5. The average molecular weight is 335 g/mol. The molecule has 0 bridgehead atoms. The summed E-state index contributed by atoms with van der Waals surface area (Å²) in [5.74, 6) is 0.466. The van der Waals surface area contributed by atoms with E-state index in [0.29, 0.717) is 25.7 Å². The Morgan fingerprint density at radius 1 is 1.57 bits per heavy atom. The SMILES string of the molecule is Cc1cc([C@@H]2CCCN(C[C@@H](O)COCc3cccs3)C2)n[nH]1. The molecule has 0 aliphatic carbocycles. The third-order valence-electron chi connectivity index (χ3n) is 4.25. The van der Waals surface area contributed by atoms with Gasteiger partial charge in [-0.15, -0.1) is 11.3 Å². The summed E-state index contributed by atoms with van der Waals surface area (Å²) in [6.45, 7) is 5.69. The number of H-pyrrole nitrogens is 1. The monoisotopic (exact) mass is 335 g/mol. The standard InChI is InChI=1S/C17H25N3O2S/c1-13-8-17(19-18-13)14-4-2-6-20(9-14)10-15(21)11-22-12-16-5-3-7-23-16/h3,5,7-8,14-15,21H,2,4,6,9-12H2,1H3,(H,18,19)/t14-,15-/m1/s1. The highest BCUT2D eigenvalue weighted by Gasteiger charge is 2.24. The number of thiophene rings is 1. The first-order chi connectivity index (χ1) is 11.2. The first-order valence-corrected chi connectivity index (χ1v) is 9.11. The molecule has 126 valence electrons. The molecule has 2 aromatic rings. The van der Waals surface area contributed by atoms with Gasteiger partial charge in [0.25, 0.3) is 0 Å². The number of nitrogens with one attached hydrogen (secondary N) is 1. The quantitative estimate of drug-likeness (QED) is 0.816. The van der Waals surface area contributed by atoms with Crippen molar-refractivity contribution in [3.8, 4) is 0 Å². The zero-order valence-corrected chi connectivity index (χ0v) is 14.4. The first-order valence-electron chi connectivity index (χ1n) is 8.23. The van der Waals surface area contributed by atoms with E-state index in [1.807, 2.05) is 18.4 Å². The van der Waals surface area contributed by atoms with E-state index in [1.165, 1.54) is 11.3 Å². The van der Waals surface area contributed by atoms with Crippen molar-refractivity contribution in [1.82, 2.24) is 15.1 Å². The molecule has 0 saturated carbocycles. The Hall–Kier alpha value is -1.21. The highest BCUT2D eigenvalue weighted by Crippen LogP contribution is 2.25. The topological polar surface area (TPSA) is 61.4 Å². The highest BCUT2D eigenvalue weighted by atomic mass is 32.1. The van der Waals surface area contributed by atoms with Crippen molar-refractivity contribution in [1.29, 1.82) is 0 Å². The van der Waals surface area contributed by atoms with Crippen LogP contribution in [0.5, 0.6) is 0 Å². The number of nitrogens with zero attached hydrogens (tertiary/aromatic N) is 2. The molecule has 3 heterocycles. The number of likely N-dealkylation sites (tertiary alicyclic amines) is 1. The van der Waals surface area contributed by atoms with Gasteiger partial charge in [-0.1, -0.05) is 6.07 Å². The van der Waals surface area contributed by atoms with Crippen molar-refractivity contribution >= 4 is 11.3 Å². The summed E-state index contributed by atoms with van der Waals surface area (Å²) in [6.07, 6.45) is 1.89. The molecule has 1 fully saturated rings. The van der Waals surface area contributed by atoms with Gasteiger partial charge in [0.2, 0.25) is 0 Å². The second-order valence-corrected chi connectivity index (χ2v) is 7.36. The average Bonchev–Trinajstić information content (AvgIpc) is 3.19. The number of aromatic nitrogens is 2. The third-order valence-corrected chi connectivity index (χ3v) is 5.10. The number of β-amino-alcohol motifs (C(OH)–C–C–N with tert-alkyl or cyclic N) is 1. The van der Waals surface area contributed by atoms with Crippen molar-refractivity contribution in [3.05, 3.63) is 39.8 Å². The molecule has 23 heavy (non-hydrogen) atoms. The lowest BCUT2D eigenvalue weighted by molar-refractivity contribution is 0.00634. The van der Waals surface area contributed by atoms with Crippen LogP contribution in [0.2, 0.25) is 0 Å². The van der Waals surface area contributed by atoms with E-state index in [4.69, 9.17) is 4.74 Å². The van der Waals surface area contributed by atoms with E-state index in [9.17, 15) is 5.11 Å². The van der Waals surface area contributed by atoms with Crippen LogP contribution < -0.4 is 0 Å². The normalized spacial score (nSPS) is 20.7. The van der Waals surface area contributed by atoms with E-state index in [2.05, 4.69) is 27.2 Å². The van der Waals surface area contributed by atoms with Gasteiger partial charge in [-0.05, 0) is 43.8 Å². The Morgan fingerprint density at radius 2 is 2.48 bits per heavy atom. The fourth-order valence-corrected chi connectivity index (χ4v) is 3.79. The number of aryl methyl sites for hydroxylation is 1. The third kappa shape index (κ3) is 4.88. The highest BCUT2D eigenvalue weighted by molar-refractivity contribution is 7.09. The molecule has 2 atom stereocenters. The van der Waals surface area contributed by atoms with Gasteiger partial charge in [-0.25, -0.2) is 0 Å². The Bertz CT molecular complexity index is 584. The second-order valence-electron chi connectivity index (χ2n) is 6.32. The summed E-state index contributed by atoms with van der Waals surface area (Å²) in [7, 11) is 0. The molecule has 0 radical (unpaired) electrons. The van der Waals surface area contributed by atoms with Gasteiger partial charge in [-0.3, -0.25) is 5.10 Å². The Balaban J connectivity index is 1.41. The van der Waals surface area contributed by atoms with Crippen LogP contribution in [0.1, 0.15) is 35.0 Å². The molecule has 0 spiro atoms. The molecule has 0 aromatic carbocycles. The Kier molecular flexibility index (Phi) is 5.83. The van der Waals surface area contributed by atoms with Crippen LogP contribution in [-0.4, -0.2) is 52.5 Å². The Labute approximate surface area is 141 Å².